The first-order chi connectivity index (χ1) is 9.60. The van der Waals surface area contributed by atoms with Crippen molar-refractivity contribution in [2.24, 2.45) is 5.92 Å². The highest BCUT2D eigenvalue weighted by molar-refractivity contribution is 7.89. The number of carbonyl (C=O) groups is 1. The van der Waals surface area contributed by atoms with E-state index in [0.717, 1.165) is 6.42 Å². The maximum absolute atomic E-state index is 12.5. The summed E-state index contributed by atoms with van der Waals surface area (Å²) in [5.74, 6) is -0.927. The summed E-state index contributed by atoms with van der Waals surface area (Å²) in [6.45, 7) is 9.10. The Morgan fingerprint density at radius 2 is 1.81 bits per heavy atom. The summed E-state index contributed by atoms with van der Waals surface area (Å²) in [6.07, 6.45) is 0.858. The fraction of sp³-hybridized carbons (Fsp3) is 0.533. The molecule has 0 radical (unpaired) electrons. The van der Waals surface area contributed by atoms with Gasteiger partial charge >= 0.3 is 5.97 Å². The maximum atomic E-state index is 12.5. The number of benzene rings is 1. The fourth-order valence-corrected chi connectivity index (χ4v) is 3.73. The molecule has 5 nitrogen and oxygen atoms in total. The molecule has 0 heterocycles. The number of carboxylic acid groups (broad SMARTS) is 1. The van der Waals surface area contributed by atoms with E-state index in [1.165, 1.54) is 6.07 Å². The van der Waals surface area contributed by atoms with Gasteiger partial charge in [-0.25, -0.2) is 17.9 Å². The highest BCUT2D eigenvalue weighted by Gasteiger charge is 2.24. The van der Waals surface area contributed by atoms with Crippen molar-refractivity contribution in [1.82, 2.24) is 4.72 Å². The van der Waals surface area contributed by atoms with Crippen LogP contribution < -0.4 is 4.72 Å². The Kier molecular flexibility index (Phi) is 5.53. The topological polar surface area (TPSA) is 83.5 Å². The van der Waals surface area contributed by atoms with E-state index >= 15 is 0 Å². The largest absolute Gasteiger partial charge is 0.478 e. The third kappa shape index (κ3) is 4.04. The van der Waals surface area contributed by atoms with Gasteiger partial charge in [0.25, 0.3) is 0 Å². The van der Waals surface area contributed by atoms with Gasteiger partial charge in [0.15, 0.2) is 0 Å². The molecule has 0 aliphatic carbocycles. The quantitative estimate of drug-likeness (QED) is 0.846. The molecule has 1 aromatic rings. The molecule has 0 aliphatic heterocycles. The van der Waals surface area contributed by atoms with Crippen LogP contribution in [0.2, 0.25) is 0 Å². The first-order valence-corrected chi connectivity index (χ1v) is 8.45. The minimum atomic E-state index is -3.73. The molecule has 0 fully saturated rings. The van der Waals surface area contributed by atoms with Crippen molar-refractivity contribution in [2.45, 2.75) is 52.0 Å². The molecule has 6 heteroatoms. The van der Waals surface area contributed by atoms with Crippen molar-refractivity contribution >= 4 is 16.0 Å². The Morgan fingerprint density at radius 3 is 2.29 bits per heavy atom. The summed E-state index contributed by atoms with van der Waals surface area (Å²) in [5.41, 5.74) is 1.10. The second kappa shape index (κ2) is 6.58. The number of nitrogens with one attached hydrogen (secondary N) is 1. The zero-order valence-electron chi connectivity index (χ0n) is 13.1. The van der Waals surface area contributed by atoms with Crippen LogP contribution in [-0.4, -0.2) is 25.5 Å². The summed E-state index contributed by atoms with van der Waals surface area (Å²) in [4.78, 5) is 11.2. The highest BCUT2D eigenvalue weighted by Crippen LogP contribution is 2.22. The van der Waals surface area contributed by atoms with Crippen molar-refractivity contribution in [3.8, 4) is 0 Å². The van der Waals surface area contributed by atoms with E-state index in [4.69, 9.17) is 5.11 Å². The summed E-state index contributed by atoms with van der Waals surface area (Å²) in [7, 11) is -3.73. The first-order valence-electron chi connectivity index (χ1n) is 6.97. The van der Waals surface area contributed by atoms with Gasteiger partial charge in [0.1, 0.15) is 0 Å². The number of hydrogen-bond donors (Lipinski definition) is 2. The molecule has 0 aliphatic rings. The summed E-state index contributed by atoms with van der Waals surface area (Å²) >= 11 is 0. The fourth-order valence-electron chi connectivity index (χ4n) is 2.13. The minimum absolute atomic E-state index is 0.0113. The second-order valence-electron chi connectivity index (χ2n) is 5.53. The molecule has 0 saturated heterocycles. The summed E-state index contributed by atoms with van der Waals surface area (Å²) in [6, 6.07) is 2.61. The third-order valence-electron chi connectivity index (χ3n) is 3.88. The molecule has 118 valence electrons. The summed E-state index contributed by atoms with van der Waals surface area (Å²) in [5, 5.41) is 9.14. The van der Waals surface area contributed by atoms with Gasteiger partial charge in [-0.3, -0.25) is 0 Å². The van der Waals surface area contributed by atoms with E-state index in [0.29, 0.717) is 11.1 Å². The van der Waals surface area contributed by atoms with Crippen molar-refractivity contribution in [2.75, 3.05) is 0 Å². The van der Waals surface area contributed by atoms with Gasteiger partial charge in [0, 0.05) is 6.04 Å². The number of rotatable bonds is 6. The Bertz CT molecular complexity index is 637. The van der Waals surface area contributed by atoms with Crippen LogP contribution in [0.1, 0.15) is 48.7 Å². The predicted molar refractivity (Wildman–Crippen MR) is 82.1 cm³/mol. The number of sulfonamides is 1. The number of aryl methyl sites for hydroxylation is 2. The van der Waals surface area contributed by atoms with Gasteiger partial charge in [-0.1, -0.05) is 26.3 Å². The molecule has 1 rings (SSSR count). The molecule has 1 aromatic carbocycles. The van der Waals surface area contributed by atoms with E-state index < -0.39 is 16.0 Å². The van der Waals surface area contributed by atoms with Gasteiger partial charge in [0.05, 0.1) is 10.5 Å². The highest BCUT2D eigenvalue weighted by atomic mass is 32.2. The Hall–Kier alpha value is -1.40. The lowest BCUT2D eigenvalue weighted by Crippen LogP contribution is -2.37. The number of carboxylic acids is 1. The second-order valence-corrected chi connectivity index (χ2v) is 7.22. The predicted octanol–water partition coefficient (Wildman–Crippen LogP) is 2.71. The monoisotopic (exact) mass is 313 g/mol. The van der Waals surface area contributed by atoms with Crippen LogP contribution >= 0.6 is 0 Å². The Balaban J connectivity index is 3.26. The normalized spacial score (nSPS) is 14.7. The number of aromatic carboxylic acids is 1. The van der Waals surface area contributed by atoms with Crippen LogP contribution in [0, 0.1) is 19.8 Å². The van der Waals surface area contributed by atoms with Crippen LogP contribution in [0.3, 0.4) is 0 Å². The molecule has 2 unspecified atom stereocenters. The third-order valence-corrected chi connectivity index (χ3v) is 5.58. The van der Waals surface area contributed by atoms with Crippen LogP contribution in [0.5, 0.6) is 0 Å². The van der Waals surface area contributed by atoms with Crippen molar-refractivity contribution in [1.29, 1.82) is 0 Å². The molecule has 2 N–H and O–H groups in total. The van der Waals surface area contributed by atoms with E-state index in [1.54, 1.807) is 19.9 Å². The van der Waals surface area contributed by atoms with Crippen LogP contribution in [0.15, 0.2) is 17.0 Å². The maximum Gasteiger partial charge on any atom is 0.335 e. The first kappa shape index (κ1) is 17.7. The van der Waals surface area contributed by atoms with Crippen LogP contribution in [0.4, 0.5) is 0 Å². The molecule has 21 heavy (non-hydrogen) atoms. The molecule has 0 aromatic heterocycles. The Morgan fingerprint density at radius 1 is 1.24 bits per heavy atom. The smallest absolute Gasteiger partial charge is 0.335 e. The lowest BCUT2D eigenvalue weighted by atomic mass is 10.0. The molecule has 2 atom stereocenters. The zero-order valence-corrected chi connectivity index (χ0v) is 13.9. The van der Waals surface area contributed by atoms with Crippen molar-refractivity contribution < 1.29 is 18.3 Å². The van der Waals surface area contributed by atoms with Gasteiger partial charge < -0.3 is 5.11 Å². The Labute approximate surface area is 126 Å². The lowest BCUT2D eigenvalue weighted by molar-refractivity contribution is 0.0696. The molecule has 0 bridgehead atoms. The molecular formula is C15H23NO4S. The van der Waals surface area contributed by atoms with E-state index in [-0.39, 0.29) is 22.4 Å². The van der Waals surface area contributed by atoms with Gasteiger partial charge in [-0.05, 0) is 43.9 Å². The van der Waals surface area contributed by atoms with Crippen molar-refractivity contribution in [3.63, 3.8) is 0 Å². The average Bonchev–Trinajstić information content (AvgIpc) is 2.36. The van der Waals surface area contributed by atoms with Gasteiger partial charge in [0.2, 0.25) is 10.0 Å². The number of hydrogen-bond acceptors (Lipinski definition) is 3. The SMILES string of the molecule is CCC(C)C(C)NS(=O)(=O)c1cc(C(=O)O)c(C)cc1C. The lowest BCUT2D eigenvalue weighted by Gasteiger charge is -2.21. The van der Waals surface area contributed by atoms with E-state index in [9.17, 15) is 13.2 Å². The van der Waals surface area contributed by atoms with Crippen LogP contribution in [-0.2, 0) is 10.0 Å². The van der Waals surface area contributed by atoms with Crippen molar-refractivity contribution in [3.05, 3.63) is 28.8 Å². The molecular weight excluding hydrogens is 290 g/mol. The average molecular weight is 313 g/mol. The van der Waals surface area contributed by atoms with E-state index in [1.807, 2.05) is 20.8 Å². The zero-order chi connectivity index (χ0) is 16.4. The van der Waals surface area contributed by atoms with Gasteiger partial charge in [-0.2, -0.15) is 0 Å². The van der Waals surface area contributed by atoms with E-state index in [2.05, 4.69) is 4.72 Å². The molecule has 0 saturated carbocycles. The van der Waals surface area contributed by atoms with Gasteiger partial charge in [-0.15, -0.1) is 0 Å². The van der Waals surface area contributed by atoms with Crippen LogP contribution in [0.25, 0.3) is 0 Å². The molecule has 0 amide bonds. The standard InChI is InChI=1S/C15H23NO4S/c1-6-9(2)12(5)16-21(19,20)14-8-13(15(17)18)10(3)7-11(14)4/h7-9,12,16H,6H2,1-5H3,(H,17,18). The molecule has 0 spiro atoms. The minimum Gasteiger partial charge on any atom is -0.478 e. The summed E-state index contributed by atoms with van der Waals surface area (Å²) < 4.78 is 27.6.